The summed E-state index contributed by atoms with van der Waals surface area (Å²) in [5.74, 6) is 0. The molecular weight excluding hydrogens is 433 g/mol. The van der Waals surface area contributed by atoms with Crippen LogP contribution in [-0.2, 0) is 6.54 Å². The van der Waals surface area contributed by atoms with E-state index < -0.39 is 0 Å². The van der Waals surface area contributed by atoms with Crippen LogP contribution in [0.15, 0.2) is 37.1 Å². The summed E-state index contributed by atoms with van der Waals surface area (Å²) in [6.07, 6.45) is 13.7. The predicted molar refractivity (Wildman–Crippen MR) is 129 cm³/mol. The van der Waals surface area contributed by atoms with Crippen LogP contribution in [0, 0.1) is 0 Å². The minimum atomic E-state index is 0. The first-order valence-corrected chi connectivity index (χ1v) is 11.1. The maximum atomic E-state index is 4.62. The van der Waals surface area contributed by atoms with Gasteiger partial charge in [0.25, 0.3) is 0 Å². The molecule has 3 heterocycles. The second-order valence-corrected chi connectivity index (χ2v) is 8.50. The maximum absolute atomic E-state index is 4.62. The lowest BCUT2D eigenvalue weighted by Gasteiger charge is -2.40. The molecule has 9 heteroatoms. The number of benzene rings is 1. The molecule has 5 rings (SSSR count). The normalized spacial score (nSPS) is 18.6. The molecule has 1 saturated heterocycles. The van der Waals surface area contributed by atoms with Gasteiger partial charge in [0.1, 0.15) is 12.7 Å². The van der Waals surface area contributed by atoms with Gasteiger partial charge in [-0.25, -0.2) is 0 Å². The topological polar surface area (TPSA) is 55.0 Å². The molecular formula is C22H33Cl2N7. The first-order valence-electron chi connectivity index (χ1n) is 11.1. The van der Waals surface area contributed by atoms with Crippen LogP contribution in [0.25, 0.3) is 16.6 Å². The van der Waals surface area contributed by atoms with E-state index in [4.69, 9.17) is 0 Å². The SMILES string of the molecule is Cl.Cl.c1cc2cnn(CCCN3CCN(C4CCCCC4)CC3)c2cc1-n1cnnc1. The highest BCUT2D eigenvalue weighted by atomic mass is 35.5. The molecule has 2 aromatic heterocycles. The number of fused-ring (bicyclic) bond motifs is 1. The van der Waals surface area contributed by atoms with Gasteiger partial charge in [-0.05, 0) is 44.0 Å². The van der Waals surface area contributed by atoms with Gasteiger partial charge in [-0.3, -0.25) is 14.1 Å². The molecule has 1 aromatic carbocycles. The quantitative estimate of drug-likeness (QED) is 0.553. The predicted octanol–water partition coefficient (Wildman–Crippen LogP) is 3.80. The van der Waals surface area contributed by atoms with Crippen molar-refractivity contribution in [3.05, 3.63) is 37.1 Å². The van der Waals surface area contributed by atoms with Gasteiger partial charge >= 0.3 is 0 Å². The Bertz CT molecular complexity index is 913. The van der Waals surface area contributed by atoms with Crippen molar-refractivity contribution in [1.82, 2.24) is 34.3 Å². The molecule has 0 bridgehead atoms. The zero-order valence-electron chi connectivity index (χ0n) is 18.0. The Balaban J connectivity index is 0.00000136. The summed E-state index contributed by atoms with van der Waals surface area (Å²) in [7, 11) is 0. The van der Waals surface area contributed by atoms with Crippen LogP contribution in [0.3, 0.4) is 0 Å². The fourth-order valence-corrected chi connectivity index (χ4v) is 4.97. The Morgan fingerprint density at radius 2 is 1.61 bits per heavy atom. The molecule has 0 radical (unpaired) electrons. The van der Waals surface area contributed by atoms with Crippen molar-refractivity contribution < 1.29 is 0 Å². The highest BCUT2D eigenvalue weighted by Gasteiger charge is 2.24. The van der Waals surface area contributed by atoms with Gasteiger partial charge in [0.05, 0.1) is 17.4 Å². The molecule has 0 amide bonds. The lowest BCUT2D eigenvalue weighted by Crippen LogP contribution is -2.50. The number of aryl methyl sites for hydroxylation is 1. The Labute approximate surface area is 196 Å². The van der Waals surface area contributed by atoms with Crippen LogP contribution in [0.4, 0.5) is 0 Å². The van der Waals surface area contributed by atoms with Gasteiger partial charge < -0.3 is 4.90 Å². The van der Waals surface area contributed by atoms with E-state index in [1.807, 2.05) is 10.8 Å². The van der Waals surface area contributed by atoms with E-state index in [1.54, 1.807) is 12.7 Å². The largest absolute Gasteiger partial charge is 0.301 e. The second kappa shape index (κ2) is 11.3. The van der Waals surface area contributed by atoms with E-state index in [0.717, 1.165) is 31.2 Å². The Morgan fingerprint density at radius 1 is 0.871 bits per heavy atom. The van der Waals surface area contributed by atoms with E-state index in [1.165, 1.54) is 69.2 Å². The number of piperazine rings is 1. The van der Waals surface area contributed by atoms with Crippen LogP contribution in [0.2, 0.25) is 0 Å². The van der Waals surface area contributed by atoms with Crippen LogP contribution in [0.1, 0.15) is 38.5 Å². The van der Waals surface area contributed by atoms with E-state index in [0.29, 0.717) is 0 Å². The molecule has 0 unspecified atom stereocenters. The van der Waals surface area contributed by atoms with Crippen LogP contribution < -0.4 is 0 Å². The van der Waals surface area contributed by atoms with Gasteiger partial charge in [-0.15, -0.1) is 35.0 Å². The summed E-state index contributed by atoms with van der Waals surface area (Å²) in [4.78, 5) is 5.39. The zero-order valence-corrected chi connectivity index (χ0v) is 19.6. The van der Waals surface area contributed by atoms with Gasteiger partial charge in [0.2, 0.25) is 0 Å². The highest BCUT2D eigenvalue weighted by molar-refractivity contribution is 5.85. The van der Waals surface area contributed by atoms with Crippen molar-refractivity contribution in [3.8, 4) is 5.69 Å². The third-order valence-electron chi connectivity index (χ3n) is 6.69. The van der Waals surface area contributed by atoms with Crippen LogP contribution in [0.5, 0.6) is 0 Å². The highest BCUT2D eigenvalue weighted by Crippen LogP contribution is 2.23. The number of halogens is 2. The molecule has 1 aliphatic carbocycles. The van der Waals surface area contributed by atoms with Crippen molar-refractivity contribution in [2.45, 2.75) is 51.1 Å². The molecule has 170 valence electrons. The van der Waals surface area contributed by atoms with Crippen molar-refractivity contribution in [1.29, 1.82) is 0 Å². The minimum absolute atomic E-state index is 0. The van der Waals surface area contributed by atoms with Gasteiger partial charge in [0, 0.05) is 44.2 Å². The minimum Gasteiger partial charge on any atom is -0.301 e. The Kier molecular flexibility index (Phi) is 8.72. The zero-order chi connectivity index (χ0) is 19.5. The monoisotopic (exact) mass is 465 g/mol. The first kappa shape index (κ1) is 24.0. The summed E-state index contributed by atoms with van der Waals surface area (Å²) < 4.78 is 4.07. The molecule has 3 aromatic rings. The van der Waals surface area contributed by atoms with Crippen LogP contribution >= 0.6 is 24.8 Å². The number of rotatable bonds is 6. The average molecular weight is 466 g/mol. The fourth-order valence-electron chi connectivity index (χ4n) is 4.97. The van der Waals surface area contributed by atoms with E-state index in [-0.39, 0.29) is 24.8 Å². The molecule has 2 fully saturated rings. The fraction of sp³-hybridized carbons (Fsp3) is 0.591. The van der Waals surface area contributed by atoms with Gasteiger partial charge in [0.15, 0.2) is 0 Å². The molecule has 1 saturated carbocycles. The first-order chi connectivity index (χ1) is 14.4. The molecule has 0 spiro atoms. The van der Waals surface area contributed by atoms with Crippen LogP contribution in [-0.4, -0.2) is 73.1 Å². The number of nitrogens with zero attached hydrogens (tertiary/aromatic N) is 7. The summed E-state index contributed by atoms with van der Waals surface area (Å²) >= 11 is 0. The smallest absolute Gasteiger partial charge is 0.123 e. The summed E-state index contributed by atoms with van der Waals surface area (Å²) in [6, 6.07) is 7.25. The molecule has 0 atom stereocenters. The summed E-state index contributed by atoms with van der Waals surface area (Å²) in [5, 5.41) is 13.6. The van der Waals surface area contributed by atoms with E-state index in [2.05, 4.69) is 48.0 Å². The molecule has 2 aliphatic rings. The summed E-state index contributed by atoms with van der Waals surface area (Å²) in [5.41, 5.74) is 2.25. The number of hydrogen-bond acceptors (Lipinski definition) is 5. The lowest BCUT2D eigenvalue weighted by molar-refractivity contribution is 0.0778. The van der Waals surface area contributed by atoms with Crippen molar-refractivity contribution in [2.24, 2.45) is 0 Å². The van der Waals surface area contributed by atoms with Gasteiger partial charge in [-0.2, -0.15) is 5.10 Å². The number of hydrogen-bond donors (Lipinski definition) is 0. The molecule has 1 aliphatic heterocycles. The summed E-state index contributed by atoms with van der Waals surface area (Å²) in [6.45, 7) is 7.04. The third-order valence-corrected chi connectivity index (χ3v) is 6.69. The van der Waals surface area contributed by atoms with Crippen molar-refractivity contribution >= 4 is 35.7 Å². The maximum Gasteiger partial charge on any atom is 0.123 e. The molecule has 0 N–H and O–H groups in total. The standard InChI is InChI=1S/C22H31N7.2ClH/c1-2-5-20(6-3-1)27-13-11-26(12-14-27)9-4-10-29-22-15-21(28-17-23-24-18-28)8-7-19(22)16-25-29;;/h7-8,15-18,20H,1-6,9-14H2;2*1H. The van der Waals surface area contributed by atoms with E-state index in [9.17, 15) is 0 Å². The molecule has 31 heavy (non-hydrogen) atoms. The lowest BCUT2D eigenvalue weighted by atomic mass is 9.94. The second-order valence-electron chi connectivity index (χ2n) is 8.50. The molecule has 7 nitrogen and oxygen atoms in total. The average Bonchev–Trinajstić information content (AvgIpc) is 3.45. The van der Waals surface area contributed by atoms with Gasteiger partial charge in [-0.1, -0.05) is 19.3 Å². The third kappa shape index (κ3) is 5.58. The Hall–Kier alpha value is -1.67. The van der Waals surface area contributed by atoms with E-state index >= 15 is 0 Å². The Morgan fingerprint density at radius 3 is 2.35 bits per heavy atom. The van der Waals surface area contributed by atoms with Crippen molar-refractivity contribution in [3.63, 3.8) is 0 Å². The van der Waals surface area contributed by atoms with Crippen molar-refractivity contribution in [2.75, 3.05) is 32.7 Å². The number of aromatic nitrogens is 5.